The van der Waals surface area contributed by atoms with Crippen LogP contribution in [-0.4, -0.2) is 394 Å². The standard InChI is InChI=1S/C104H168N2O39/c1-46(2)13-11-15-48(5)56-21-23-58-54-19-17-50-37-52(29-33-101(50,7)60(54)31-35-103(56,58)9)130-71(114)27-25-69(112)105-39-62-87-74(117)81(124)95(133-62)142-90-65(42-108)137-99(85(128)78(90)121)145-93-68(45-111)138-100(86(129)79(93)122)144-92-67(44-110)135-97(83(126)76(92)119)140-88-63(132-94(80(123)73(88)116)141-89-64(41-107)136-98(84(127)77(89)120)143-91-66(43-109)134-96(139-87)82(125)75(91)118)40-106-70(113)26-28-72(115)131-53-30-34-102(8)51(38-53)18-20-55-59-24-22-57(49(6)16-12-14-47(3)4)104(59,10)36-32-61(55)102/h17-18,46-49,52-68,73-100,107-111,116-129H,11-16,19-45H2,1-10H3,(H,105,112)(H,106,113)/t48-,49+,52-,53+,54+,55-,56-,57+,58+,59-,60+,61-,62-,63-,64-,65-,66-,67-,68-,73-,74-,75-,76-,77-,78-,79-,80-,81-,82-,83-,84-,85-,86-,87-,88-,89-,90-,91-,92-,93-,94-,95-,96-,97-,98-,99-,100-,101+,102-,103-,104+/m1/s1. The van der Waals surface area contributed by atoms with E-state index in [9.17, 15) is 116 Å². The lowest BCUT2D eigenvalue weighted by Crippen LogP contribution is -2.68. The molecule has 41 heteroatoms. The van der Waals surface area contributed by atoms with E-state index in [2.05, 4.69) is 92.0 Å². The number of aliphatic hydroxyl groups is 19. The Labute approximate surface area is 848 Å². The maximum Gasteiger partial charge on any atom is 0.306 e. The van der Waals surface area contributed by atoms with Crippen molar-refractivity contribution < 1.29 is 192 Å². The van der Waals surface area contributed by atoms with Gasteiger partial charge < -0.3 is 183 Å². The fourth-order valence-corrected chi connectivity index (χ4v) is 29.5. The normalized spacial score (nSPS) is 48.4. The van der Waals surface area contributed by atoms with Gasteiger partial charge in [0.25, 0.3) is 0 Å². The number of carbonyl (C=O) groups is 4. The van der Waals surface area contributed by atoms with Crippen LogP contribution in [0.3, 0.4) is 0 Å². The number of nitrogens with one attached hydrogen (secondary N) is 2. The number of esters is 2. The van der Waals surface area contributed by atoms with Crippen molar-refractivity contribution in [1.82, 2.24) is 10.6 Å². The topological polar surface area (TPSA) is 624 Å². The lowest BCUT2D eigenvalue weighted by atomic mass is 9.47. The number of ether oxygens (including phenoxy) is 16. The summed E-state index contributed by atoms with van der Waals surface area (Å²) in [5.41, 5.74) is 3.10. The Hall–Kier alpha value is -3.96. The number of hydrogen-bond donors (Lipinski definition) is 21. The van der Waals surface area contributed by atoms with Gasteiger partial charge in [0.05, 0.1) is 45.9 Å². The number of amides is 2. The summed E-state index contributed by atoms with van der Waals surface area (Å²) in [7, 11) is 0. The molecule has 21 heterocycles. The van der Waals surface area contributed by atoms with Gasteiger partial charge in [0.15, 0.2) is 44.0 Å². The van der Waals surface area contributed by atoms with Crippen LogP contribution in [0.25, 0.3) is 0 Å². The van der Waals surface area contributed by atoms with E-state index in [1.165, 1.54) is 88.2 Å². The molecule has 2 amide bonds. The van der Waals surface area contributed by atoms with Crippen molar-refractivity contribution in [3.63, 3.8) is 0 Å². The van der Waals surface area contributed by atoms with Gasteiger partial charge in [-0.2, -0.15) is 0 Å². The Balaban J connectivity index is 0.596. The minimum absolute atomic E-state index is 0.0490. The molecule has 21 aliphatic heterocycles. The summed E-state index contributed by atoms with van der Waals surface area (Å²) >= 11 is 0. The lowest BCUT2D eigenvalue weighted by Gasteiger charge is -2.58. The Morgan fingerprint density at radius 3 is 0.848 bits per heavy atom. The van der Waals surface area contributed by atoms with Crippen LogP contribution in [0.5, 0.6) is 0 Å². The molecule has 21 saturated heterocycles. The zero-order valence-corrected chi connectivity index (χ0v) is 85.4. The molecule has 41 nitrogen and oxygen atoms in total. The van der Waals surface area contributed by atoms with Gasteiger partial charge >= 0.3 is 11.9 Å². The Morgan fingerprint density at radius 1 is 0.324 bits per heavy atom. The second kappa shape index (κ2) is 47.8. The lowest BCUT2D eigenvalue weighted by molar-refractivity contribution is -0.395. The highest BCUT2D eigenvalue weighted by atomic mass is 16.8. The van der Waals surface area contributed by atoms with Gasteiger partial charge in [-0.1, -0.05) is 131 Å². The molecule has 828 valence electrons. The molecule has 0 aromatic rings. The number of hydrogen-bond acceptors (Lipinski definition) is 39. The zero-order chi connectivity index (χ0) is 104. The molecule has 27 fully saturated rings. The fraction of sp³-hybridized carbons (Fsp3) is 0.923. The maximum absolute atomic E-state index is 14.1. The third-order valence-electron chi connectivity index (χ3n) is 37.7. The quantitative estimate of drug-likeness (QED) is 0.0393. The second-order valence-corrected chi connectivity index (χ2v) is 47.2. The fourth-order valence-electron chi connectivity index (χ4n) is 29.5. The summed E-state index contributed by atoms with van der Waals surface area (Å²) in [6, 6.07) is 0. The SMILES string of the molecule is CC(C)CCC[C@@H](C)[C@H]1CC[C@H]2[C@@H]3CC=C4C[C@H](OC(=O)CCC(=O)NC[C@H]5O[C@@H]6O[C@H]7[C@H](O)[C@@H](O)[C@@H](O[C@H]8[C@H](O)[C@@H](O)[C@@H](O[C@H]9[C@H](O)[C@@H](O)[C@@H](O[C@H]%10[C@H](O)[C@@H](O)[C@@H](O[C@H]%11[C@H](O)[C@@H](O)[C@@H](O[C@H]%12[C@H](O)[C@@H](O)[C@@H](O[C@H]5[C@H](O)[C@H]6O)O[C@@H]%12CO)O[C@@H]%11CO)O[C@@H]%10CNC(=O)CCC(=O)O[C@H]5CC[C@]6(C)C(=CC[C@@H]%10[C@H]%11CC[C@@H]([C@@H](C)CCCC(C)C)[C@]%11(C)CC[C@H]%106)C5)O[C@@H]9CO)O[C@@H]8CO)O[C@@H]7CO)CC[C@]4(C)[C@H]3CC[C@]12C. The highest BCUT2D eigenvalue weighted by Crippen LogP contribution is 2.70. The number of rotatable bonds is 27. The second-order valence-electron chi connectivity index (χ2n) is 47.2. The van der Waals surface area contributed by atoms with Crippen LogP contribution in [0.2, 0.25) is 0 Å². The smallest absolute Gasteiger partial charge is 0.306 e. The van der Waals surface area contributed by atoms with Gasteiger partial charge in [0.1, 0.15) is 183 Å². The van der Waals surface area contributed by atoms with E-state index in [0.29, 0.717) is 108 Å². The van der Waals surface area contributed by atoms with Gasteiger partial charge in [-0.3, -0.25) is 19.2 Å². The van der Waals surface area contributed by atoms with Gasteiger partial charge in [-0.15, -0.1) is 0 Å². The van der Waals surface area contributed by atoms with E-state index in [0.717, 1.165) is 38.5 Å². The first kappa shape index (κ1) is 114. The summed E-state index contributed by atoms with van der Waals surface area (Å²) in [6.45, 7) is 17.0. The van der Waals surface area contributed by atoms with Crippen molar-refractivity contribution in [2.24, 2.45) is 92.7 Å². The van der Waals surface area contributed by atoms with Crippen LogP contribution < -0.4 is 10.6 Å². The average Bonchev–Trinajstić information content (AvgIpc) is 1.63. The first-order valence-corrected chi connectivity index (χ1v) is 54.0. The molecule has 21 N–H and O–H groups in total. The van der Waals surface area contributed by atoms with Crippen molar-refractivity contribution >= 4 is 23.8 Å². The van der Waals surface area contributed by atoms with E-state index in [-0.39, 0.29) is 10.8 Å². The van der Waals surface area contributed by atoms with Crippen molar-refractivity contribution in [3.05, 3.63) is 23.3 Å². The predicted octanol–water partition coefficient (Wildman–Crippen LogP) is 0.484. The van der Waals surface area contributed by atoms with E-state index < -0.39 is 323 Å². The molecule has 0 aromatic heterocycles. The molecule has 0 unspecified atom stereocenters. The van der Waals surface area contributed by atoms with Crippen LogP contribution in [0, 0.1) is 92.7 Å². The largest absolute Gasteiger partial charge is 0.462 e. The molecule has 51 atom stereocenters. The van der Waals surface area contributed by atoms with Crippen molar-refractivity contribution in [2.75, 3.05) is 46.1 Å². The van der Waals surface area contributed by atoms with Crippen LogP contribution in [0.4, 0.5) is 0 Å². The van der Waals surface area contributed by atoms with Crippen LogP contribution in [0.15, 0.2) is 23.3 Å². The zero-order valence-electron chi connectivity index (χ0n) is 85.4. The van der Waals surface area contributed by atoms with Gasteiger partial charge in [-0.05, 0) is 183 Å². The average molecular weight is 2070 g/mol. The van der Waals surface area contributed by atoms with Crippen molar-refractivity contribution in [3.8, 4) is 0 Å². The molecule has 29 rings (SSSR count). The molecule has 8 aliphatic carbocycles. The third-order valence-corrected chi connectivity index (χ3v) is 37.7. The Kier molecular flexibility index (Phi) is 37.4. The number of aliphatic hydroxyl groups excluding tert-OH is 19. The molecule has 145 heavy (non-hydrogen) atoms. The summed E-state index contributed by atoms with van der Waals surface area (Å²) in [5, 5.41) is 228. The highest BCUT2D eigenvalue weighted by molar-refractivity contribution is 5.82. The molecule has 29 aliphatic rings. The summed E-state index contributed by atoms with van der Waals surface area (Å²) in [6.07, 6.45) is -48.4. The third kappa shape index (κ3) is 23.4. The van der Waals surface area contributed by atoms with Crippen molar-refractivity contribution in [1.29, 1.82) is 0 Å². The molecule has 6 saturated carbocycles. The number of carbonyl (C=O) groups excluding carboxylic acids is 4. The highest BCUT2D eigenvalue weighted by Gasteiger charge is 2.66. The molecular weight excluding hydrogens is 1900 g/mol. The summed E-state index contributed by atoms with van der Waals surface area (Å²) in [4.78, 5) is 55.8. The molecule has 0 radical (unpaired) electrons. The monoisotopic (exact) mass is 2070 g/mol. The maximum atomic E-state index is 14.1. The van der Waals surface area contributed by atoms with E-state index in [4.69, 9.17) is 75.8 Å². The van der Waals surface area contributed by atoms with Gasteiger partial charge in [0.2, 0.25) is 11.8 Å². The molecular formula is C104H168N2O39. The summed E-state index contributed by atoms with van der Waals surface area (Å²) in [5.74, 6) is 4.75. The van der Waals surface area contributed by atoms with E-state index >= 15 is 0 Å². The van der Waals surface area contributed by atoms with Gasteiger partial charge in [-0.25, -0.2) is 0 Å². The van der Waals surface area contributed by atoms with E-state index in [1.54, 1.807) is 0 Å². The number of allylic oxidation sites excluding steroid dienone is 2. The van der Waals surface area contributed by atoms with Crippen LogP contribution >= 0.6 is 0 Å². The van der Waals surface area contributed by atoms with E-state index in [1.807, 2.05) is 0 Å². The first-order valence-electron chi connectivity index (χ1n) is 54.0. The van der Waals surface area contributed by atoms with Crippen LogP contribution in [0.1, 0.15) is 236 Å². The van der Waals surface area contributed by atoms with Crippen LogP contribution in [-0.2, 0) is 95.0 Å². The molecule has 14 bridgehead atoms. The minimum atomic E-state index is -2.33. The number of fused-ring (bicyclic) bond motifs is 10. The summed E-state index contributed by atoms with van der Waals surface area (Å²) < 4.78 is 96.8. The Morgan fingerprint density at radius 2 is 0.586 bits per heavy atom. The minimum Gasteiger partial charge on any atom is -0.462 e. The van der Waals surface area contributed by atoms with Gasteiger partial charge in [0, 0.05) is 38.8 Å². The Bertz CT molecular complexity index is 4150. The van der Waals surface area contributed by atoms with Crippen molar-refractivity contribution in [2.45, 2.75) is 463 Å². The molecule has 0 spiro atoms. The first-order chi connectivity index (χ1) is 69.0. The predicted molar refractivity (Wildman–Crippen MR) is 505 cm³/mol. The molecule has 0 aromatic carbocycles.